The van der Waals surface area contributed by atoms with Crippen molar-refractivity contribution in [1.29, 1.82) is 0 Å². The van der Waals surface area contributed by atoms with Crippen LogP contribution in [-0.4, -0.2) is 55.0 Å². The molecule has 0 amide bonds. The standard InChI is InChI=1S/C25H29ClN6/c26-21-9-6-19(7-10-21)25-22(15-31-13-12-28-23(16-31)29-17-27)32-14-20(8-11-24(32)30-25)18-4-2-1-3-5-18/h1-11,14,23-24,28-30H,12-13,15-17,27H2. The van der Waals surface area contributed by atoms with Crippen LogP contribution in [0.3, 0.4) is 0 Å². The van der Waals surface area contributed by atoms with Crippen LogP contribution >= 0.6 is 11.6 Å². The van der Waals surface area contributed by atoms with Gasteiger partial charge in [0.25, 0.3) is 0 Å². The normalized spacial score (nSPS) is 23.2. The van der Waals surface area contributed by atoms with Crippen molar-refractivity contribution in [2.45, 2.75) is 12.3 Å². The highest BCUT2D eigenvalue weighted by Crippen LogP contribution is 2.34. The molecule has 2 atom stereocenters. The van der Waals surface area contributed by atoms with Crippen LogP contribution in [0.5, 0.6) is 0 Å². The van der Waals surface area contributed by atoms with E-state index in [0.717, 1.165) is 42.5 Å². The lowest BCUT2D eigenvalue weighted by atomic mass is 10.0. The zero-order valence-corrected chi connectivity index (χ0v) is 18.7. The van der Waals surface area contributed by atoms with Crippen molar-refractivity contribution in [3.05, 3.63) is 94.8 Å². The summed E-state index contributed by atoms with van der Waals surface area (Å²) in [6.45, 7) is 4.14. The number of piperazine rings is 1. The number of benzene rings is 2. The topological polar surface area (TPSA) is 68.6 Å². The lowest BCUT2D eigenvalue weighted by molar-refractivity contribution is 0.184. The van der Waals surface area contributed by atoms with Crippen molar-refractivity contribution in [3.8, 4) is 0 Å². The summed E-state index contributed by atoms with van der Waals surface area (Å²) < 4.78 is 0. The molecule has 2 aromatic rings. The highest BCUT2D eigenvalue weighted by molar-refractivity contribution is 6.30. The molecule has 1 fully saturated rings. The van der Waals surface area contributed by atoms with Crippen LogP contribution in [0.4, 0.5) is 0 Å². The van der Waals surface area contributed by atoms with Gasteiger partial charge in [-0.25, -0.2) is 0 Å². The Hall–Kier alpha value is -2.61. The number of allylic oxidation sites excluding steroid dienone is 2. The predicted octanol–water partition coefficient (Wildman–Crippen LogP) is 2.59. The zero-order valence-electron chi connectivity index (χ0n) is 18.0. The highest BCUT2D eigenvalue weighted by atomic mass is 35.5. The first-order valence-corrected chi connectivity index (χ1v) is 11.5. The minimum Gasteiger partial charge on any atom is -0.360 e. The molecule has 32 heavy (non-hydrogen) atoms. The average Bonchev–Trinajstić information content (AvgIpc) is 3.18. The third-order valence-corrected chi connectivity index (χ3v) is 6.42. The maximum Gasteiger partial charge on any atom is 0.123 e. The van der Waals surface area contributed by atoms with Crippen LogP contribution in [0, 0.1) is 0 Å². The Morgan fingerprint density at radius 3 is 2.66 bits per heavy atom. The van der Waals surface area contributed by atoms with Crippen molar-refractivity contribution in [3.63, 3.8) is 0 Å². The Balaban J connectivity index is 1.48. The molecule has 3 aliphatic heterocycles. The average molecular weight is 449 g/mol. The molecule has 166 valence electrons. The molecule has 5 N–H and O–H groups in total. The summed E-state index contributed by atoms with van der Waals surface area (Å²) in [7, 11) is 0. The molecule has 0 radical (unpaired) electrons. The Morgan fingerprint density at radius 1 is 1.06 bits per heavy atom. The molecule has 0 bridgehead atoms. The number of hydrogen-bond donors (Lipinski definition) is 4. The van der Waals surface area contributed by atoms with E-state index in [1.165, 1.54) is 16.8 Å². The van der Waals surface area contributed by atoms with E-state index in [-0.39, 0.29) is 12.3 Å². The highest BCUT2D eigenvalue weighted by Gasteiger charge is 2.33. The van der Waals surface area contributed by atoms with Crippen LogP contribution in [0.15, 0.2) is 78.6 Å². The summed E-state index contributed by atoms with van der Waals surface area (Å²) in [5.41, 5.74) is 11.7. The maximum atomic E-state index is 6.17. The summed E-state index contributed by atoms with van der Waals surface area (Å²) in [4.78, 5) is 4.85. The zero-order chi connectivity index (χ0) is 21.9. The molecule has 0 aromatic heterocycles. The van der Waals surface area contributed by atoms with Crippen LogP contribution in [0.2, 0.25) is 5.02 Å². The van der Waals surface area contributed by atoms with E-state index in [9.17, 15) is 0 Å². The lowest BCUT2D eigenvalue weighted by Gasteiger charge is -2.36. The molecule has 0 aliphatic carbocycles. The molecule has 3 aliphatic rings. The second kappa shape index (κ2) is 9.48. The summed E-state index contributed by atoms with van der Waals surface area (Å²) in [5.74, 6) is 0. The van der Waals surface area contributed by atoms with E-state index in [0.29, 0.717) is 6.67 Å². The van der Waals surface area contributed by atoms with Crippen molar-refractivity contribution in [2.75, 3.05) is 32.8 Å². The number of rotatable bonds is 6. The monoisotopic (exact) mass is 448 g/mol. The number of nitrogens with zero attached hydrogens (tertiary/aromatic N) is 2. The third kappa shape index (κ3) is 4.46. The number of nitrogens with one attached hydrogen (secondary N) is 3. The van der Waals surface area contributed by atoms with Gasteiger partial charge >= 0.3 is 0 Å². The number of fused-ring (bicyclic) bond motifs is 1. The van der Waals surface area contributed by atoms with Crippen molar-refractivity contribution in [2.24, 2.45) is 5.73 Å². The second-order valence-electron chi connectivity index (χ2n) is 8.28. The van der Waals surface area contributed by atoms with Gasteiger partial charge in [-0.15, -0.1) is 0 Å². The van der Waals surface area contributed by atoms with Crippen LogP contribution in [0.1, 0.15) is 11.1 Å². The first kappa shape index (κ1) is 21.2. The summed E-state index contributed by atoms with van der Waals surface area (Å²) in [5, 5.41) is 11.3. The quantitative estimate of drug-likeness (QED) is 0.509. The molecule has 7 heteroatoms. The Bertz CT molecular complexity index is 1030. The predicted molar refractivity (Wildman–Crippen MR) is 131 cm³/mol. The van der Waals surface area contributed by atoms with Gasteiger partial charge in [0.05, 0.1) is 17.6 Å². The molecule has 0 saturated carbocycles. The fourth-order valence-corrected chi connectivity index (χ4v) is 4.68. The van der Waals surface area contributed by atoms with Gasteiger partial charge < -0.3 is 16.0 Å². The molecule has 2 unspecified atom stereocenters. The largest absolute Gasteiger partial charge is 0.360 e. The molecule has 1 saturated heterocycles. The smallest absolute Gasteiger partial charge is 0.123 e. The summed E-state index contributed by atoms with van der Waals surface area (Å²) in [6, 6.07) is 18.6. The Kier molecular flexibility index (Phi) is 6.30. The SMILES string of the molecule is NCNC1CN(CC2=C(c3ccc(Cl)cc3)NC3C=CC(c4ccccc4)=CN23)CCN1. The molecular weight excluding hydrogens is 420 g/mol. The molecule has 6 nitrogen and oxygen atoms in total. The van der Waals surface area contributed by atoms with E-state index in [1.807, 2.05) is 12.1 Å². The minimum absolute atomic E-state index is 0.101. The molecule has 2 aromatic carbocycles. The van der Waals surface area contributed by atoms with Crippen LogP contribution in [-0.2, 0) is 0 Å². The minimum atomic E-state index is 0.101. The number of nitrogens with two attached hydrogens (primary N) is 1. The maximum absolute atomic E-state index is 6.17. The number of halogens is 1. The number of hydrogen-bond acceptors (Lipinski definition) is 6. The third-order valence-electron chi connectivity index (χ3n) is 6.17. The molecule has 0 spiro atoms. The molecule has 5 rings (SSSR count). The van der Waals surface area contributed by atoms with E-state index in [4.69, 9.17) is 17.3 Å². The first-order chi connectivity index (χ1) is 15.7. The van der Waals surface area contributed by atoms with Gasteiger partial charge in [0.15, 0.2) is 0 Å². The van der Waals surface area contributed by atoms with Crippen LogP contribution in [0.25, 0.3) is 11.3 Å². The van der Waals surface area contributed by atoms with E-state index < -0.39 is 0 Å². The molecular formula is C25H29ClN6. The van der Waals surface area contributed by atoms with E-state index in [2.05, 4.69) is 86.6 Å². The van der Waals surface area contributed by atoms with E-state index in [1.54, 1.807) is 0 Å². The fourth-order valence-electron chi connectivity index (χ4n) is 4.56. The van der Waals surface area contributed by atoms with Gasteiger partial charge in [-0.05, 0) is 34.9 Å². The van der Waals surface area contributed by atoms with Gasteiger partial charge in [0, 0.05) is 44.1 Å². The molecule has 3 heterocycles. The Morgan fingerprint density at radius 2 is 1.88 bits per heavy atom. The van der Waals surface area contributed by atoms with Crippen molar-refractivity contribution >= 4 is 22.9 Å². The Labute approximate surface area is 194 Å². The van der Waals surface area contributed by atoms with Crippen molar-refractivity contribution in [1.82, 2.24) is 25.8 Å². The summed E-state index contributed by atoms with van der Waals surface area (Å²) in [6.07, 6.45) is 7.02. The second-order valence-corrected chi connectivity index (χ2v) is 8.72. The van der Waals surface area contributed by atoms with Gasteiger partial charge in [-0.1, -0.05) is 60.1 Å². The van der Waals surface area contributed by atoms with Crippen LogP contribution < -0.4 is 21.7 Å². The van der Waals surface area contributed by atoms with Crippen molar-refractivity contribution < 1.29 is 0 Å². The first-order valence-electron chi connectivity index (χ1n) is 11.1. The van der Waals surface area contributed by atoms with Gasteiger partial charge in [0.1, 0.15) is 6.17 Å². The van der Waals surface area contributed by atoms with E-state index >= 15 is 0 Å². The summed E-state index contributed by atoms with van der Waals surface area (Å²) >= 11 is 6.17. The van der Waals surface area contributed by atoms with Gasteiger partial charge in [-0.3, -0.25) is 15.5 Å². The van der Waals surface area contributed by atoms with Gasteiger partial charge in [-0.2, -0.15) is 0 Å². The van der Waals surface area contributed by atoms with Gasteiger partial charge in [0.2, 0.25) is 0 Å². The fraction of sp³-hybridized carbons (Fsp3) is 0.280. The lowest BCUT2D eigenvalue weighted by Crippen LogP contribution is -2.58.